The Hall–Kier alpha value is -2.15. The molecule has 0 atom stereocenters. The maximum atomic E-state index is 12.6. The predicted octanol–water partition coefficient (Wildman–Crippen LogP) is 0.873. The number of nitrogens with one attached hydrogen (secondary N) is 1. The highest BCUT2D eigenvalue weighted by Crippen LogP contribution is 2.22. The van der Waals surface area contributed by atoms with Gasteiger partial charge in [0.15, 0.2) is 5.65 Å². The lowest BCUT2D eigenvalue weighted by atomic mass is 10.1. The summed E-state index contributed by atoms with van der Waals surface area (Å²) in [7, 11) is 0. The molecular weight excluding hydrogens is 284 g/mol. The zero-order valence-corrected chi connectivity index (χ0v) is 13.2. The fourth-order valence-electron chi connectivity index (χ4n) is 2.70. The average Bonchev–Trinajstić information content (AvgIpc) is 2.93. The molecule has 3 rings (SSSR count). The standard InChI is InChI=1S/C15H20N4O3/c1-8(2)10-5-11-16-12-9(13(20)19(11)17-10)6-18(14(12)21)7-15(3,4)22/h5,8,17,22H,6-7H2,1-4H3. The first-order valence-electron chi connectivity index (χ1n) is 7.33. The van der Waals surface area contributed by atoms with E-state index in [0.29, 0.717) is 11.2 Å². The molecule has 3 heterocycles. The van der Waals surface area contributed by atoms with Crippen LogP contribution >= 0.6 is 0 Å². The second kappa shape index (κ2) is 4.67. The Morgan fingerprint density at radius 1 is 1.41 bits per heavy atom. The van der Waals surface area contributed by atoms with E-state index < -0.39 is 5.60 Å². The van der Waals surface area contributed by atoms with Crippen LogP contribution in [0.5, 0.6) is 0 Å². The molecule has 2 aromatic rings. The van der Waals surface area contributed by atoms with Crippen molar-refractivity contribution < 1.29 is 9.90 Å². The van der Waals surface area contributed by atoms with Crippen molar-refractivity contribution in [1.29, 1.82) is 0 Å². The molecule has 0 unspecified atom stereocenters. The van der Waals surface area contributed by atoms with Gasteiger partial charge in [-0.25, -0.2) is 9.50 Å². The molecule has 1 amide bonds. The number of nitrogens with zero attached hydrogens (tertiary/aromatic N) is 3. The van der Waals surface area contributed by atoms with Crippen LogP contribution in [0.4, 0.5) is 0 Å². The first-order valence-corrected chi connectivity index (χ1v) is 7.33. The molecule has 1 aliphatic heterocycles. The Labute approximate surface area is 127 Å². The van der Waals surface area contributed by atoms with Crippen molar-refractivity contribution in [3.8, 4) is 0 Å². The fraction of sp³-hybridized carbons (Fsp3) is 0.533. The first kappa shape index (κ1) is 14.8. The molecule has 7 nitrogen and oxygen atoms in total. The number of fused-ring (bicyclic) bond motifs is 2. The van der Waals surface area contributed by atoms with Gasteiger partial charge in [-0.15, -0.1) is 0 Å². The minimum absolute atomic E-state index is 0.164. The van der Waals surface area contributed by atoms with Crippen LogP contribution in [-0.4, -0.2) is 42.7 Å². The van der Waals surface area contributed by atoms with Crippen molar-refractivity contribution in [2.75, 3.05) is 6.54 Å². The molecule has 7 heteroatoms. The quantitative estimate of drug-likeness (QED) is 0.880. The minimum atomic E-state index is -1.01. The van der Waals surface area contributed by atoms with Gasteiger partial charge >= 0.3 is 0 Å². The second-order valence-corrected chi connectivity index (χ2v) is 6.78. The summed E-state index contributed by atoms with van der Waals surface area (Å²) in [4.78, 5) is 30.8. The van der Waals surface area contributed by atoms with Crippen LogP contribution in [0.1, 0.15) is 55.4 Å². The van der Waals surface area contributed by atoms with Crippen LogP contribution < -0.4 is 5.56 Å². The number of aromatic nitrogens is 3. The average molecular weight is 304 g/mol. The van der Waals surface area contributed by atoms with Gasteiger partial charge in [0.25, 0.3) is 11.5 Å². The maximum Gasteiger partial charge on any atom is 0.278 e. The van der Waals surface area contributed by atoms with E-state index in [9.17, 15) is 14.7 Å². The highest BCUT2D eigenvalue weighted by Gasteiger charge is 2.35. The molecule has 22 heavy (non-hydrogen) atoms. The van der Waals surface area contributed by atoms with E-state index in [1.54, 1.807) is 19.9 Å². The van der Waals surface area contributed by atoms with Crippen LogP contribution in [0.15, 0.2) is 10.9 Å². The second-order valence-electron chi connectivity index (χ2n) is 6.78. The third-order valence-corrected chi connectivity index (χ3v) is 3.77. The number of hydrogen-bond donors (Lipinski definition) is 2. The predicted molar refractivity (Wildman–Crippen MR) is 80.9 cm³/mol. The van der Waals surface area contributed by atoms with Crippen molar-refractivity contribution in [2.45, 2.75) is 45.8 Å². The summed E-state index contributed by atoms with van der Waals surface area (Å²) < 4.78 is 1.38. The Bertz CT molecular complexity index is 811. The lowest BCUT2D eigenvalue weighted by molar-refractivity contribution is 0.0312. The van der Waals surface area contributed by atoms with Crippen molar-refractivity contribution in [3.05, 3.63) is 33.4 Å². The molecule has 0 saturated heterocycles. The van der Waals surface area contributed by atoms with Gasteiger partial charge in [0, 0.05) is 18.3 Å². The Morgan fingerprint density at radius 2 is 2.09 bits per heavy atom. The molecule has 0 aromatic carbocycles. The summed E-state index contributed by atoms with van der Waals surface area (Å²) >= 11 is 0. The minimum Gasteiger partial charge on any atom is -0.389 e. The lowest BCUT2D eigenvalue weighted by Crippen LogP contribution is -2.38. The fourth-order valence-corrected chi connectivity index (χ4v) is 2.70. The van der Waals surface area contributed by atoms with E-state index in [0.717, 1.165) is 5.69 Å². The van der Waals surface area contributed by atoms with Gasteiger partial charge in [0.05, 0.1) is 17.7 Å². The van der Waals surface area contributed by atoms with Crippen molar-refractivity contribution >= 4 is 11.6 Å². The van der Waals surface area contributed by atoms with Crippen LogP contribution in [0.3, 0.4) is 0 Å². The zero-order chi connectivity index (χ0) is 16.2. The van der Waals surface area contributed by atoms with E-state index in [2.05, 4.69) is 10.1 Å². The molecule has 0 saturated carbocycles. The largest absolute Gasteiger partial charge is 0.389 e. The molecule has 0 radical (unpaired) electrons. The maximum absolute atomic E-state index is 12.6. The number of hydrogen-bond acceptors (Lipinski definition) is 4. The van der Waals surface area contributed by atoms with Gasteiger partial charge in [-0.2, -0.15) is 0 Å². The number of H-pyrrole nitrogens is 1. The van der Waals surface area contributed by atoms with Crippen LogP contribution in [0.25, 0.3) is 5.65 Å². The van der Waals surface area contributed by atoms with Gasteiger partial charge < -0.3 is 10.0 Å². The van der Waals surface area contributed by atoms with E-state index in [-0.39, 0.29) is 36.2 Å². The Kier molecular flexibility index (Phi) is 3.14. The summed E-state index contributed by atoms with van der Waals surface area (Å²) in [6.07, 6.45) is 0. The van der Waals surface area contributed by atoms with Crippen LogP contribution in [0.2, 0.25) is 0 Å². The number of amides is 1. The number of aromatic amines is 1. The SMILES string of the molecule is CC(C)c1cc2nc3c(c(=O)n2[nH]1)CN(CC(C)(C)O)C3=O. The number of carbonyl (C=O) groups excluding carboxylic acids is 1. The van der Waals surface area contributed by atoms with E-state index in [1.807, 2.05) is 13.8 Å². The first-order chi connectivity index (χ1) is 10.2. The molecule has 118 valence electrons. The van der Waals surface area contributed by atoms with Gasteiger partial charge in [-0.3, -0.25) is 14.7 Å². The topological polar surface area (TPSA) is 90.7 Å². The van der Waals surface area contributed by atoms with Crippen LogP contribution in [-0.2, 0) is 6.54 Å². The molecule has 0 fully saturated rings. The molecule has 0 spiro atoms. The smallest absolute Gasteiger partial charge is 0.278 e. The van der Waals surface area contributed by atoms with Crippen molar-refractivity contribution in [3.63, 3.8) is 0 Å². The summed E-state index contributed by atoms with van der Waals surface area (Å²) in [5.41, 5.74) is 0.658. The molecule has 2 aromatic heterocycles. The Morgan fingerprint density at radius 3 is 2.68 bits per heavy atom. The normalized spacial score (nSPS) is 15.2. The number of aliphatic hydroxyl groups is 1. The number of β-amino-alcohol motifs (C(OH)–C–C–N with tert-alkyl or cyclic N) is 1. The monoisotopic (exact) mass is 304 g/mol. The van der Waals surface area contributed by atoms with E-state index >= 15 is 0 Å². The molecule has 0 aliphatic carbocycles. The third-order valence-electron chi connectivity index (χ3n) is 3.77. The highest BCUT2D eigenvalue weighted by atomic mass is 16.3. The number of carbonyl (C=O) groups is 1. The summed E-state index contributed by atoms with van der Waals surface area (Å²) in [5, 5.41) is 12.9. The van der Waals surface area contributed by atoms with Gasteiger partial charge in [-0.05, 0) is 19.8 Å². The molecule has 2 N–H and O–H groups in total. The molecule has 0 bridgehead atoms. The summed E-state index contributed by atoms with van der Waals surface area (Å²) in [6.45, 7) is 7.63. The lowest BCUT2D eigenvalue weighted by Gasteiger charge is -2.24. The van der Waals surface area contributed by atoms with E-state index in [4.69, 9.17) is 0 Å². The summed E-state index contributed by atoms with van der Waals surface area (Å²) in [5.74, 6) is -0.0673. The van der Waals surface area contributed by atoms with Gasteiger partial charge in [0.2, 0.25) is 0 Å². The molecule has 1 aliphatic rings. The summed E-state index contributed by atoms with van der Waals surface area (Å²) in [6, 6.07) is 1.79. The van der Waals surface area contributed by atoms with E-state index in [1.165, 1.54) is 9.42 Å². The number of rotatable bonds is 3. The van der Waals surface area contributed by atoms with Gasteiger partial charge in [-0.1, -0.05) is 13.8 Å². The highest BCUT2D eigenvalue weighted by molar-refractivity contribution is 5.96. The van der Waals surface area contributed by atoms with Crippen molar-refractivity contribution in [1.82, 2.24) is 19.5 Å². The van der Waals surface area contributed by atoms with Crippen LogP contribution in [0, 0.1) is 0 Å². The van der Waals surface area contributed by atoms with Crippen molar-refractivity contribution in [2.24, 2.45) is 0 Å². The third kappa shape index (κ3) is 2.31. The molecular formula is C15H20N4O3. The van der Waals surface area contributed by atoms with Gasteiger partial charge in [0.1, 0.15) is 5.69 Å². The Balaban J connectivity index is 2.08. The zero-order valence-electron chi connectivity index (χ0n) is 13.2.